The van der Waals surface area contributed by atoms with Crippen LogP contribution in [0.2, 0.25) is 0 Å². The van der Waals surface area contributed by atoms with Gasteiger partial charge in [0.05, 0.1) is 0 Å². The fraction of sp³-hybridized carbons (Fsp3) is 0.583. The maximum Gasteiger partial charge on any atom is 0.196 e. The monoisotopic (exact) mass is 207 g/mol. The van der Waals surface area contributed by atoms with Crippen LogP contribution in [-0.2, 0) is 0 Å². The molecule has 0 aliphatic carbocycles. The van der Waals surface area contributed by atoms with E-state index in [0.717, 1.165) is 12.2 Å². The molecule has 15 heavy (non-hydrogen) atoms. The molecule has 3 heteroatoms. The van der Waals surface area contributed by atoms with E-state index >= 15 is 0 Å². The summed E-state index contributed by atoms with van der Waals surface area (Å²) in [5, 5.41) is 0. The zero-order chi connectivity index (χ0) is 10.8. The van der Waals surface area contributed by atoms with Crippen molar-refractivity contribution in [3.05, 3.63) is 17.9 Å². The molecular weight excluding hydrogens is 190 g/mol. The maximum atomic E-state index is 10.6. The third-order valence-corrected chi connectivity index (χ3v) is 3.18. The molecule has 2 unspecified atom stereocenters. The Hall–Kier alpha value is -1.25. The zero-order valence-corrected chi connectivity index (χ0v) is 9.27. The molecule has 1 aliphatic heterocycles. The minimum Gasteiger partial charge on any atom is -0.438 e. The zero-order valence-electron chi connectivity index (χ0n) is 9.27. The molecule has 2 rings (SSSR count). The quantitative estimate of drug-likeness (QED) is 0.699. The van der Waals surface area contributed by atoms with E-state index in [1.807, 2.05) is 6.07 Å². The molecule has 2 heterocycles. The van der Waals surface area contributed by atoms with Crippen LogP contribution in [0.15, 0.2) is 16.5 Å². The Labute approximate surface area is 90.1 Å². The Bertz CT molecular complexity index is 335. The van der Waals surface area contributed by atoms with Crippen LogP contribution in [0.1, 0.15) is 43.7 Å². The Morgan fingerprint density at radius 1 is 1.33 bits per heavy atom. The Balaban J connectivity index is 2.23. The van der Waals surface area contributed by atoms with Crippen LogP contribution in [0, 0.1) is 0 Å². The first-order chi connectivity index (χ1) is 7.22. The molecule has 0 amide bonds. The molecule has 0 radical (unpaired) electrons. The van der Waals surface area contributed by atoms with E-state index in [4.69, 9.17) is 4.42 Å². The number of anilines is 1. The lowest BCUT2D eigenvalue weighted by atomic mass is 9.98. The summed E-state index contributed by atoms with van der Waals surface area (Å²) in [6.07, 6.45) is 4.42. The minimum atomic E-state index is 0.412. The molecule has 82 valence electrons. The van der Waals surface area contributed by atoms with Crippen molar-refractivity contribution < 1.29 is 9.21 Å². The number of carbonyl (C=O) groups excluding carboxylic acids is 1. The Kier molecular flexibility index (Phi) is 2.80. The topological polar surface area (TPSA) is 33.5 Å². The summed E-state index contributed by atoms with van der Waals surface area (Å²) in [6.45, 7) is 4.41. The molecule has 1 aromatic rings. The lowest BCUT2D eigenvalue weighted by Gasteiger charge is -2.38. The van der Waals surface area contributed by atoms with Crippen molar-refractivity contribution in [2.45, 2.75) is 45.2 Å². The summed E-state index contributed by atoms with van der Waals surface area (Å²) in [7, 11) is 0. The van der Waals surface area contributed by atoms with E-state index in [-0.39, 0.29) is 0 Å². The van der Waals surface area contributed by atoms with E-state index < -0.39 is 0 Å². The molecule has 1 aliphatic rings. The van der Waals surface area contributed by atoms with Gasteiger partial charge in [0.25, 0.3) is 0 Å². The fourth-order valence-electron chi connectivity index (χ4n) is 2.40. The number of hydrogen-bond donors (Lipinski definition) is 0. The van der Waals surface area contributed by atoms with Crippen molar-refractivity contribution in [3.8, 4) is 0 Å². The highest BCUT2D eigenvalue weighted by Crippen LogP contribution is 2.29. The van der Waals surface area contributed by atoms with Gasteiger partial charge in [-0.1, -0.05) is 0 Å². The van der Waals surface area contributed by atoms with Crippen molar-refractivity contribution in [2.24, 2.45) is 0 Å². The summed E-state index contributed by atoms with van der Waals surface area (Å²) < 4.78 is 5.47. The van der Waals surface area contributed by atoms with Gasteiger partial charge in [-0.15, -0.1) is 0 Å². The van der Waals surface area contributed by atoms with Crippen LogP contribution < -0.4 is 4.90 Å². The standard InChI is InChI=1S/C12H17NO2/c1-9-4-3-5-10(2)13(9)12-7-6-11(8-14)15-12/h6-10H,3-5H2,1-2H3. The summed E-state index contributed by atoms with van der Waals surface area (Å²) in [6, 6.07) is 4.62. The molecule has 0 bridgehead atoms. The summed E-state index contributed by atoms with van der Waals surface area (Å²) in [4.78, 5) is 12.8. The molecule has 0 aromatic carbocycles. The van der Waals surface area contributed by atoms with Crippen molar-refractivity contribution in [1.29, 1.82) is 0 Å². The van der Waals surface area contributed by atoms with Gasteiger partial charge in [-0.25, -0.2) is 0 Å². The summed E-state index contributed by atoms with van der Waals surface area (Å²) in [5.41, 5.74) is 0. The molecule has 1 saturated heterocycles. The van der Waals surface area contributed by atoms with Crippen molar-refractivity contribution >= 4 is 12.2 Å². The lowest BCUT2D eigenvalue weighted by Crippen LogP contribution is -2.43. The first kappa shape index (κ1) is 10.3. The van der Waals surface area contributed by atoms with Gasteiger partial charge in [0, 0.05) is 18.2 Å². The van der Waals surface area contributed by atoms with E-state index in [0.29, 0.717) is 17.8 Å². The average molecular weight is 207 g/mol. The van der Waals surface area contributed by atoms with Crippen molar-refractivity contribution in [3.63, 3.8) is 0 Å². The predicted molar refractivity (Wildman–Crippen MR) is 59.3 cm³/mol. The molecule has 0 saturated carbocycles. The fourth-order valence-corrected chi connectivity index (χ4v) is 2.40. The van der Waals surface area contributed by atoms with Crippen LogP contribution in [0.5, 0.6) is 0 Å². The third-order valence-electron chi connectivity index (χ3n) is 3.18. The van der Waals surface area contributed by atoms with Crippen LogP contribution >= 0.6 is 0 Å². The number of carbonyl (C=O) groups is 1. The molecule has 0 N–H and O–H groups in total. The number of nitrogens with zero attached hydrogens (tertiary/aromatic N) is 1. The van der Waals surface area contributed by atoms with Crippen molar-refractivity contribution in [2.75, 3.05) is 4.90 Å². The van der Waals surface area contributed by atoms with Crippen LogP contribution in [0.4, 0.5) is 5.88 Å². The summed E-state index contributed by atoms with van der Waals surface area (Å²) in [5.74, 6) is 1.24. The minimum absolute atomic E-state index is 0.412. The molecule has 2 atom stereocenters. The molecule has 1 fully saturated rings. The first-order valence-corrected chi connectivity index (χ1v) is 5.55. The second kappa shape index (κ2) is 4.09. The third kappa shape index (κ3) is 1.91. The second-order valence-corrected chi connectivity index (χ2v) is 4.33. The molecular formula is C12H17NO2. The lowest BCUT2D eigenvalue weighted by molar-refractivity contribution is 0.110. The average Bonchev–Trinajstić information content (AvgIpc) is 2.66. The molecule has 0 spiro atoms. The number of hydrogen-bond acceptors (Lipinski definition) is 3. The number of rotatable bonds is 2. The van der Waals surface area contributed by atoms with Crippen molar-refractivity contribution in [1.82, 2.24) is 0 Å². The van der Waals surface area contributed by atoms with Gasteiger partial charge in [0.1, 0.15) is 0 Å². The highest BCUT2D eigenvalue weighted by molar-refractivity contribution is 5.71. The van der Waals surface area contributed by atoms with Gasteiger partial charge in [0.2, 0.25) is 0 Å². The van der Waals surface area contributed by atoms with E-state index in [1.54, 1.807) is 6.07 Å². The highest BCUT2D eigenvalue weighted by Gasteiger charge is 2.26. The predicted octanol–water partition coefficient (Wildman–Crippen LogP) is 2.86. The molecule has 1 aromatic heterocycles. The highest BCUT2D eigenvalue weighted by atomic mass is 16.4. The Morgan fingerprint density at radius 2 is 2.00 bits per heavy atom. The van der Waals surface area contributed by atoms with E-state index in [1.165, 1.54) is 19.3 Å². The number of furan rings is 1. The Morgan fingerprint density at radius 3 is 2.53 bits per heavy atom. The molecule has 3 nitrogen and oxygen atoms in total. The number of piperidine rings is 1. The largest absolute Gasteiger partial charge is 0.438 e. The van der Waals surface area contributed by atoms with Crippen LogP contribution in [-0.4, -0.2) is 18.4 Å². The van der Waals surface area contributed by atoms with E-state index in [9.17, 15) is 4.79 Å². The normalized spacial score (nSPS) is 26.7. The summed E-state index contributed by atoms with van der Waals surface area (Å²) >= 11 is 0. The van der Waals surface area contributed by atoms with Crippen LogP contribution in [0.25, 0.3) is 0 Å². The first-order valence-electron chi connectivity index (χ1n) is 5.55. The SMILES string of the molecule is CC1CCCC(C)N1c1ccc(C=O)o1. The van der Waals surface area contributed by atoms with E-state index in [2.05, 4.69) is 18.7 Å². The van der Waals surface area contributed by atoms with Gasteiger partial charge < -0.3 is 9.32 Å². The smallest absolute Gasteiger partial charge is 0.196 e. The second-order valence-electron chi connectivity index (χ2n) is 4.33. The number of aldehydes is 1. The van der Waals surface area contributed by atoms with Gasteiger partial charge in [-0.3, -0.25) is 4.79 Å². The van der Waals surface area contributed by atoms with Gasteiger partial charge >= 0.3 is 0 Å². The van der Waals surface area contributed by atoms with Crippen LogP contribution in [0.3, 0.4) is 0 Å². The van der Waals surface area contributed by atoms with Gasteiger partial charge in [0.15, 0.2) is 17.9 Å². The van der Waals surface area contributed by atoms with Gasteiger partial charge in [-0.05, 0) is 39.2 Å². The van der Waals surface area contributed by atoms with Gasteiger partial charge in [-0.2, -0.15) is 0 Å². The maximum absolute atomic E-state index is 10.6.